The van der Waals surface area contributed by atoms with Crippen LogP contribution in [-0.4, -0.2) is 22.2 Å². The molecular formula is C17H30O4. The molecule has 0 aromatic rings. The third-order valence-corrected chi connectivity index (χ3v) is 3.02. The first kappa shape index (κ1) is 21.7. The highest BCUT2D eigenvalue weighted by molar-refractivity contribution is 5.85. The summed E-state index contributed by atoms with van der Waals surface area (Å²) in [6.45, 7) is 6.85. The molecular weight excluding hydrogens is 268 g/mol. The molecule has 0 aliphatic heterocycles. The highest BCUT2D eigenvalue weighted by Gasteiger charge is 1.97. The van der Waals surface area contributed by atoms with Gasteiger partial charge in [-0.15, -0.1) is 0 Å². The van der Waals surface area contributed by atoms with Crippen LogP contribution in [0, 0.1) is 0 Å². The maximum absolute atomic E-state index is 10.5. The van der Waals surface area contributed by atoms with Crippen molar-refractivity contribution in [3.63, 3.8) is 0 Å². The summed E-state index contributed by atoms with van der Waals surface area (Å²) in [5.41, 5.74) is 0.475. The van der Waals surface area contributed by atoms with Crippen molar-refractivity contribution < 1.29 is 19.8 Å². The van der Waals surface area contributed by atoms with Crippen molar-refractivity contribution in [3.05, 3.63) is 24.3 Å². The zero-order valence-corrected chi connectivity index (χ0v) is 13.4. The first-order valence-corrected chi connectivity index (χ1v) is 7.71. The van der Waals surface area contributed by atoms with Crippen LogP contribution in [0.2, 0.25) is 0 Å². The fourth-order valence-electron chi connectivity index (χ4n) is 1.68. The van der Waals surface area contributed by atoms with Crippen molar-refractivity contribution in [3.8, 4) is 0 Å². The Balaban J connectivity index is 0. The van der Waals surface area contributed by atoms with Crippen LogP contribution in [0.15, 0.2) is 24.3 Å². The molecule has 0 aromatic carbocycles. The predicted molar refractivity (Wildman–Crippen MR) is 86.5 cm³/mol. The number of allylic oxidation sites excluding steroid dienone is 1. The van der Waals surface area contributed by atoms with Crippen LogP contribution in [0.3, 0.4) is 0 Å². The number of hydrogen-bond donors (Lipinski definition) is 2. The lowest BCUT2D eigenvalue weighted by Gasteiger charge is -2.00. The molecule has 0 atom stereocenters. The first-order valence-electron chi connectivity index (χ1n) is 7.71. The Morgan fingerprint density at radius 1 is 0.952 bits per heavy atom. The summed E-state index contributed by atoms with van der Waals surface area (Å²) >= 11 is 0. The molecule has 0 aliphatic carbocycles. The van der Waals surface area contributed by atoms with Crippen molar-refractivity contribution in [1.82, 2.24) is 0 Å². The molecule has 21 heavy (non-hydrogen) atoms. The lowest BCUT2D eigenvalue weighted by molar-refractivity contribution is -0.133. The third kappa shape index (κ3) is 20.9. The summed E-state index contributed by atoms with van der Waals surface area (Å²) < 4.78 is 0. The molecule has 0 aromatic heterocycles. The largest absolute Gasteiger partial charge is 0.478 e. The fraction of sp³-hybridized carbons (Fsp3) is 0.647. The monoisotopic (exact) mass is 298 g/mol. The summed E-state index contributed by atoms with van der Waals surface area (Å²) in [6, 6.07) is 0. The van der Waals surface area contributed by atoms with E-state index in [4.69, 9.17) is 10.2 Å². The normalized spacial score (nSPS) is 10.5. The van der Waals surface area contributed by atoms with Gasteiger partial charge in [-0.2, -0.15) is 0 Å². The molecule has 0 spiro atoms. The Labute approximate surface area is 128 Å². The van der Waals surface area contributed by atoms with Crippen molar-refractivity contribution in [1.29, 1.82) is 0 Å². The van der Waals surface area contributed by atoms with Gasteiger partial charge in [0.25, 0.3) is 0 Å². The molecule has 0 amide bonds. The van der Waals surface area contributed by atoms with Gasteiger partial charge >= 0.3 is 11.9 Å². The van der Waals surface area contributed by atoms with E-state index in [0.717, 1.165) is 18.9 Å². The van der Waals surface area contributed by atoms with Crippen LogP contribution in [0.4, 0.5) is 0 Å². The smallest absolute Gasteiger partial charge is 0.330 e. The Kier molecular flexibility index (Phi) is 17.0. The lowest BCUT2D eigenvalue weighted by Crippen LogP contribution is -1.95. The van der Waals surface area contributed by atoms with Crippen LogP contribution in [0.5, 0.6) is 0 Å². The number of unbranched alkanes of at least 4 members (excludes halogenated alkanes) is 8. The Hall–Kier alpha value is -1.58. The SMILES string of the molecule is C=CC(=O)O.CCCCCCCCCCC=C(C)C(=O)O. The molecule has 2 N–H and O–H groups in total. The van der Waals surface area contributed by atoms with Gasteiger partial charge in [0.2, 0.25) is 0 Å². The highest BCUT2D eigenvalue weighted by atomic mass is 16.4. The summed E-state index contributed by atoms with van der Waals surface area (Å²) in [6.07, 6.45) is 14.0. The average molecular weight is 298 g/mol. The zero-order chi connectivity index (χ0) is 16.5. The van der Waals surface area contributed by atoms with E-state index in [0.29, 0.717) is 5.57 Å². The molecule has 4 heteroatoms. The summed E-state index contributed by atoms with van der Waals surface area (Å²) in [5.74, 6) is -1.77. The van der Waals surface area contributed by atoms with Gasteiger partial charge in [0, 0.05) is 11.6 Å². The van der Waals surface area contributed by atoms with E-state index in [1.807, 2.05) is 6.08 Å². The minimum Gasteiger partial charge on any atom is -0.478 e. The van der Waals surface area contributed by atoms with E-state index in [2.05, 4.69) is 13.5 Å². The number of carbonyl (C=O) groups is 2. The summed E-state index contributed by atoms with van der Waals surface area (Å²) in [4.78, 5) is 19.7. The quantitative estimate of drug-likeness (QED) is 0.424. The zero-order valence-electron chi connectivity index (χ0n) is 13.4. The van der Waals surface area contributed by atoms with E-state index in [-0.39, 0.29) is 0 Å². The van der Waals surface area contributed by atoms with Gasteiger partial charge in [-0.3, -0.25) is 0 Å². The van der Waals surface area contributed by atoms with Gasteiger partial charge in [0.05, 0.1) is 0 Å². The minimum absolute atomic E-state index is 0.475. The molecule has 0 aliphatic rings. The molecule has 0 bridgehead atoms. The van der Waals surface area contributed by atoms with Crippen LogP contribution < -0.4 is 0 Å². The van der Waals surface area contributed by atoms with Gasteiger partial charge in [0.1, 0.15) is 0 Å². The lowest BCUT2D eigenvalue weighted by atomic mass is 10.1. The average Bonchev–Trinajstić information content (AvgIpc) is 2.45. The first-order chi connectivity index (χ1) is 9.95. The van der Waals surface area contributed by atoms with Crippen LogP contribution in [0.1, 0.15) is 71.6 Å². The Morgan fingerprint density at radius 3 is 1.76 bits per heavy atom. The van der Waals surface area contributed by atoms with Crippen LogP contribution in [0.25, 0.3) is 0 Å². The highest BCUT2D eigenvalue weighted by Crippen LogP contribution is 2.10. The number of hydrogen-bond acceptors (Lipinski definition) is 2. The van der Waals surface area contributed by atoms with Crippen LogP contribution >= 0.6 is 0 Å². The predicted octanol–water partition coefficient (Wildman–Crippen LogP) is 4.81. The van der Waals surface area contributed by atoms with Crippen molar-refractivity contribution in [2.24, 2.45) is 0 Å². The second-order valence-corrected chi connectivity index (χ2v) is 5.00. The second-order valence-electron chi connectivity index (χ2n) is 5.00. The second kappa shape index (κ2) is 16.5. The van der Waals surface area contributed by atoms with Crippen molar-refractivity contribution in [2.75, 3.05) is 0 Å². The van der Waals surface area contributed by atoms with E-state index in [9.17, 15) is 9.59 Å². The molecule has 0 unspecified atom stereocenters. The van der Waals surface area contributed by atoms with Crippen molar-refractivity contribution in [2.45, 2.75) is 71.6 Å². The van der Waals surface area contributed by atoms with Gasteiger partial charge in [0.15, 0.2) is 0 Å². The van der Waals surface area contributed by atoms with Gasteiger partial charge in [-0.1, -0.05) is 64.5 Å². The summed E-state index contributed by atoms with van der Waals surface area (Å²) in [5, 5.41) is 16.2. The van der Waals surface area contributed by atoms with Crippen molar-refractivity contribution >= 4 is 11.9 Å². The maximum atomic E-state index is 10.5. The van der Waals surface area contributed by atoms with Gasteiger partial charge in [-0.05, 0) is 19.8 Å². The molecule has 0 radical (unpaired) electrons. The van der Waals surface area contributed by atoms with Gasteiger partial charge in [-0.25, -0.2) is 9.59 Å². The number of aliphatic carboxylic acids is 2. The third-order valence-electron chi connectivity index (χ3n) is 3.02. The maximum Gasteiger partial charge on any atom is 0.330 e. The number of carboxylic acid groups (broad SMARTS) is 2. The number of carboxylic acids is 2. The van der Waals surface area contributed by atoms with E-state index < -0.39 is 11.9 Å². The Morgan fingerprint density at radius 2 is 1.38 bits per heavy atom. The topological polar surface area (TPSA) is 74.6 Å². The fourth-order valence-corrected chi connectivity index (χ4v) is 1.68. The minimum atomic E-state index is -0.981. The molecule has 0 fully saturated rings. The molecule has 0 heterocycles. The van der Waals surface area contributed by atoms with Crippen LogP contribution in [-0.2, 0) is 9.59 Å². The molecule has 122 valence electrons. The summed E-state index contributed by atoms with van der Waals surface area (Å²) in [7, 11) is 0. The van der Waals surface area contributed by atoms with E-state index >= 15 is 0 Å². The van der Waals surface area contributed by atoms with Gasteiger partial charge < -0.3 is 10.2 Å². The molecule has 0 rings (SSSR count). The van der Waals surface area contributed by atoms with E-state index in [1.165, 1.54) is 44.9 Å². The van der Waals surface area contributed by atoms with E-state index in [1.54, 1.807) is 6.92 Å². The molecule has 0 saturated heterocycles. The molecule has 4 nitrogen and oxygen atoms in total. The number of rotatable bonds is 11. The Bertz CT molecular complexity index is 319. The standard InChI is InChI=1S/C14H26O2.C3H4O2/c1-3-4-5-6-7-8-9-10-11-12-13(2)14(15)16;1-2-3(4)5/h12H,3-11H2,1-2H3,(H,15,16);2H,1H2,(H,4,5). The molecule has 0 saturated carbocycles.